The molecule has 0 radical (unpaired) electrons. The molecule has 2 saturated heterocycles. The Labute approximate surface area is 500 Å². The smallest absolute Gasteiger partial charge is 0.366 e. The van der Waals surface area contributed by atoms with Crippen molar-refractivity contribution in [2.24, 2.45) is 0 Å². The summed E-state index contributed by atoms with van der Waals surface area (Å²) in [7, 11) is 1.53. The van der Waals surface area contributed by atoms with Gasteiger partial charge in [-0.25, -0.2) is 20.4 Å². The lowest BCUT2D eigenvalue weighted by atomic mass is 10.1. The van der Waals surface area contributed by atoms with Crippen LogP contribution in [0.3, 0.4) is 0 Å². The van der Waals surface area contributed by atoms with Crippen LogP contribution in [0.5, 0.6) is 11.5 Å². The van der Waals surface area contributed by atoms with Crippen molar-refractivity contribution in [1.82, 2.24) is 29.9 Å². The molecule has 23 heteroatoms. The molecule has 0 atom stereocenters. The molecular weight excluding hydrogens is 1110 g/mol. The van der Waals surface area contributed by atoms with E-state index in [0.29, 0.717) is 83.3 Å². The number of nitrogen functional groups attached to an aromatic ring is 2. The minimum atomic E-state index is 0. The molecule has 11 rings (SSSR count). The van der Waals surface area contributed by atoms with E-state index >= 15 is 0 Å². The Morgan fingerprint density at radius 3 is 1.34 bits per heavy atom. The molecule has 0 spiro atoms. The second-order valence-corrected chi connectivity index (χ2v) is 19.1. The standard InChI is InChI=1S/C30H33N5O5.C17H19N5O.C14H21NO5.CH4.ClH/c36-11-14-38-15-16-39-17-18-40-24-5-1-21(2-6-24)29-31-25-7-3-22(19-27(25)33-29)30-32-26-8-4-23(20-28(26)34-30)35-9-12-37-13-10-35;18-13-3-1-11(9-14(13)19)17-20-15-4-2-12(10-16(15)21-17)22-5-7-23-8-6-22;1-17-14(15)12-2-4-13(5-3-12)20-11-10-19-9-8-18-7-6-16;;/h1-8,19-20,36H,9-18H2,(H,31,33)(H,32,34);1-4,9-10H,5-8,18-19H2,(H,20,21);2-5,15-16H,6-11H2,1H3;1H4;1H. The first kappa shape index (κ1) is 64.5. The number of aliphatic hydroxyl groups excluding tert-OH is 2. The number of morpholine rings is 2. The van der Waals surface area contributed by atoms with E-state index in [1.165, 1.54) is 18.5 Å². The number of anilines is 4. The van der Waals surface area contributed by atoms with Crippen molar-refractivity contribution >= 4 is 61.7 Å². The van der Waals surface area contributed by atoms with E-state index in [4.69, 9.17) is 79.7 Å². The van der Waals surface area contributed by atoms with Crippen molar-refractivity contribution < 1.29 is 70.7 Å². The highest BCUT2D eigenvalue weighted by atomic mass is 35.5. The summed E-state index contributed by atoms with van der Waals surface area (Å²) in [5.41, 5.74) is 24.7. The average Bonchev–Trinajstić information content (AvgIpc) is 3.57. The Morgan fingerprint density at radius 2 is 0.882 bits per heavy atom. The fraction of sp³-hybridized carbons (Fsp3) is 0.355. The van der Waals surface area contributed by atoms with E-state index in [-0.39, 0.29) is 33.0 Å². The van der Waals surface area contributed by atoms with Crippen LogP contribution in [0.25, 0.3) is 67.3 Å². The number of methoxy groups -OCH3 is 1. The van der Waals surface area contributed by atoms with Gasteiger partial charge in [0.25, 0.3) is 0 Å². The van der Waals surface area contributed by atoms with Gasteiger partial charge in [0.15, 0.2) is 0 Å². The number of aromatic amines is 3. The van der Waals surface area contributed by atoms with Gasteiger partial charge in [0.05, 0.1) is 150 Å². The lowest BCUT2D eigenvalue weighted by Crippen LogP contribution is -3.00. The zero-order valence-corrected chi connectivity index (χ0v) is 47.9. The summed E-state index contributed by atoms with van der Waals surface area (Å²) in [5.74, 6) is 4.32. The van der Waals surface area contributed by atoms with Crippen LogP contribution in [0.1, 0.15) is 13.0 Å². The summed E-state index contributed by atoms with van der Waals surface area (Å²) in [6.45, 7) is 11.2. The van der Waals surface area contributed by atoms with E-state index in [1.54, 1.807) is 6.07 Å². The molecule has 0 unspecified atom stereocenters. The van der Waals surface area contributed by atoms with E-state index in [0.717, 1.165) is 137 Å². The number of fused-ring (bicyclic) bond motifs is 3. The van der Waals surface area contributed by atoms with Gasteiger partial charge in [0.1, 0.15) is 42.2 Å². The van der Waals surface area contributed by atoms with E-state index in [1.807, 2.05) is 78.9 Å². The number of nitrogens with two attached hydrogens (primary N) is 3. The number of nitrogens with zero attached hydrogens (tertiary/aromatic N) is 5. The number of aliphatic hydroxyl groups is 2. The number of aromatic nitrogens is 6. The zero-order valence-electron chi connectivity index (χ0n) is 47.1. The number of nitrogens with one attached hydrogen (secondary N) is 3. The predicted octanol–water partition coefficient (Wildman–Crippen LogP) is 3.13. The number of halogens is 1. The Bertz CT molecular complexity index is 3440. The second kappa shape index (κ2) is 33.5. The highest BCUT2D eigenvalue weighted by Gasteiger charge is 2.17. The molecule has 6 aromatic carbocycles. The summed E-state index contributed by atoms with van der Waals surface area (Å²) >= 11 is 0. The van der Waals surface area contributed by atoms with Crippen LogP contribution < -0.4 is 48.6 Å². The Kier molecular flexibility index (Phi) is 25.4. The van der Waals surface area contributed by atoms with Crippen molar-refractivity contribution in [3.05, 3.63) is 127 Å². The molecule has 5 heterocycles. The molecular formula is C62H78ClN11O11. The molecule has 2 fully saturated rings. The van der Waals surface area contributed by atoms with Gasteiger partial charge in [-0.15, -0.1) is 0 Å². The van der Waals surface area contributed by atoms with Gasteiger partial charge < -0.3 is 101 Å². The predicted molar refractivity (Wildman–Crippen MR) is 328 cm³/mol. The highest BCUT2D eigenvalue weighted by molar-refractivity contribution is 5.89. The average molecular weight is 1190 g/mol. The van der Waals surface area contributed by atoms with Crippen LogP contribution in [0.15, 0.2) is 121 Å². The maximum Gasteiger partial charge on any atom is 0.366 e. The SMILES string of the molecule is C.COC(=[NH2+])c1ccc(OCCOCCOCCO)cc1.Nc1ccc(-c2nc3ccc(N4CCOCC4)cc3[nH]2)cc1N.OCCOCCOCCOc1ccc(-c2nc3ccc(-c4nc5ccc(N6CCOCC6)cc5[nH]4)cc3[nH]2)cc1.[Cl-]. The summed E-state index contributed by atoms with van der Waals surface area (Å²) in [6, 6.07) is 39.5. The van der Waals surface area contributed by atoms with Gasteiger partial charge in [-0.1, -0.05) is 7.43 Å². The number of hydrogen-bond donors (Lipinski definition) is 8. The number of ether oxygens (including phenoxy) is 9. The molecule has 454 valence electrons. The van der Waals surface area contributed by atoms with Crippen LogP contribution in [0.2, 0.25) is 0 Å². The molecule has 85 heavy (non-hydrogen) atoms. The van der Waals surface area contributed by atoms with Crippen molar-refractivity contribution in [3.8, 4) is 45.7 Å². The molecule has 9 aromatic rings. The van der Waals surface area contributed by atoms with E-state index in [9.17, 15) is 0 Å². The van der Waals surface area contributed by atoms with Gasteiger partial charge in [0, 0.05) is 54.2 Å². The first-order chi connectivity index (χ1) is 40.7. The number of rotatable bonds is 24. The van der Waals surface area contributed by atoms with Crippen LogP contribution >= 0.6 is 0 Å². The topological polar surface area (TPSA) is 294 Å². The van der Waals surface area contributed by atoms with E-state index < -0.39 is 0 Å². The lowest BCUT2D eigenvalue weighted by molar-refractivity contribution is -0.135. The fourth-order valence-electron chi connectivity index (χ4n) is 9.07. The quantitative estimate of drug-likeness (QED) is 0.0187. The van der Waals surface area contributed by atoms with Gasteiger partial charge in [0.2, 0.25) is 0 Å². The van der Waals surface area contributed by atoms with E-state index in [2.05, 4.69) is 66.1 Å². The minimum absolute atomic E-state index is 0. The number of imidazole rings is 3. The zero-order chi connectivity index (χ0) is 57.6. The Morgan fingerprint density at radius 1 is 0.494 bits per heavy atom. The molecule has 0 saturated carbocycles. The minimum Gasteiger partial charge on any atom is -1.00 e. The summed E-state index contributed by atoms with van der Waals surface area (Å²) in [6.07, 6.45) is 0. The Balaban J connectivity index is 0.000000196. The lowest BCUT2D eigenvalue weighted by Gasteiger charge is -2.28. The van der Waals surface area contributed by atoms with Crippen molar-refractivity contribution in [2.75, 3.05) is 160 Å². The number of H-pyrrole nitrogens is 3. The van der Waals surface area contributed by atoms with Crippen molar-refractivity contribution in [3.63, 3.8) is 0 Å². The molecule has 22 nitrogen and oxygen atoms in total. The third kappa shape index (κ3) is 18.5. The fourth-order valence-corrected chi connectivity index (χ4v) is 9.07. The molecule has 11 N–H and O–H groups in total. The molecule has 0 aliphatic carbocycles. The van der Waals surface area contributed by atoms with Gasteiger partial charge in [-0.2, -0.15) is 0 Å². The normalized spacial score (nSPS) is 13.1. The Hall–Kier alpha value is -8.03. The van der Waals surface area contributed by atoms with Crippen LogP contribution in [0.4, 0.5) is 22.7 Å². The molecule has 2 aliphatic rings. The third-order valence-corrected chi connectivity index (χ3v) is 13.5. The summed E-state index contributed by atoms with van der Waals surface area (Å²) < 4.78 is 48.1. The van der Waals surface area contributed by atoms with Gasteiger partial charge >= 0.3 is 5.90 Å². The van der Waals surface area contributed by atoms with Crippen LogP contribution in [0, 0.1) is 0 Å². The summed E-state index contributed by atoms with van der Waals surface area (Å²) in [4.78, 5) is 29.2. The van der Waals surface area contributed by atoms with Crippen molar-refractivity contribution in [1.29, 1.82) is 0 Å². The number of hydrogen-bond acceptors (Lipinski definition) is 18. The van der Waals surface area contributed by atoms with Crippen LogP contribution in [-0.4, -0.2) is 185 Å². The molecule has 0 bridgehead atoms. The largest absolute Gasteiger partial charge is 1.00 e. The first-order valence-electron chi connectivity index (χ1n) is 27.7. The summed E-state index contributed by atoms with van der Waals surface area (Å²) in [5, 5.41) is 22.8. The monoisotopic (exact) mass is 1190 g/mol. The first-order valence-corrected chi connectivity index (χ1v) is 27.7. The molecule has 2 aliphatic heterocycles. The van der Waals surface area contributed by atoms with Crippen molar-refractivity contribution in [2.45, 2.75) is 7.43 Å². The van der Waals surface area contributed by atoms with Crippen LogP contribution in [-0.2, 0) is 33.2 Å². The molecule has 3 aromatic heterocycles. The highest BCUT2D eigenvalue weighted by Crippen LogP contribution is 2.31. The van der Waals surface area contributed by atoms with Gasteiger partial charge in [-0.3, -0.25) is 0 Å². The maximum absolute atomic E-state index is 8.68. The van der Waals surface area contributed by atoms with Gasteiger partial charge in [-0.05, 0) is 121 Å². The second-order valence-electron chi connectivity index (χ2n) is 19.1. The third-order valence-electron chi connectivity index (χ3n) is 13.5. The number of benzene rings is 6. The molecule has 0 amide bonds. The maximum atomic E-state index is 8.68.